The highest BCUT2D eigenvalue weighted by Gasteiger charge is 2.24. The van der Waals surface area contributed by atoms with Gasteiger partial charge in [-0.25, -0.2) is 4.21 Å². The number of fused-ring (bicyclic) bond motifs is 2. The molecule has 1 aliphatic heterocycles. The number of halogens is 1. The van der Waals surface area contributed by atoms with Crippen LogP contribution >= 0.6 is 15.9 Å². The highest BCUT2D eigenvalue weighted by molar-refractivity contribution is 9.10. The molecule has 2 heterocycles. The van der Waals surface area contributed by atoms with E-state index in [1.165, 1.54) is 0 Å². The molecule has 4 rings (SSSR count). The summed E-state index contributed by atoms with van der Waals surface area (Å²) in [6.07, 6.45) is 0. The van der Waals surface area contributed by atoms with Crippen molar-refractivity contribution in [1.82, 2.24) is 9.88 Å². The van der Waals surface area contributed by atoms with E-state index in [0.29, 0.717) is 11.5 Å². The van der Waals surface area contributed by atoms with E-state index in [1.807, 2.05) is 61.5 Å². The van der Waals surface area contributed by atoms with Crippen LogP contribution in [0, 0.1) is 0 Å². The summed E-state index contributed by atoms with van der Waals surface area (Å²) in [4.78, 5) is 11.8. The molecule has 140 valence electrons. The highest BCUT2D eigenvalue weighted by Crippen LogP contribution is 2.33. The molecule has 1 aromatic heterocycles. The summed E-state index contributed by atoms with van der Waals surface area (Å²) in [5.74, 6) is 0. The number of nitrogens with one attached hydrogen (secondary N) is 2. The van der Waals surface area contributed by atoms with E-state index in [4.69, 9.17) is 4.84 Å². The number of aromatic amines is 1. The standard InChI is InChI=1S/C19H19BrN4O2S/c1-24(2)9-10-26-22-17-13-5-3-4-6-15(13)21-18(17)19-14-11-12(20)7-8-16(14)23-27(19)25/h3-8,11,21-22H,9-10H2,1-2H3. The van der Waals surface area contributed by atoms with Gasteiger partial charge in [0.05, 0.1) is 28.3 Å². The number of hydrogen-bond donors (Lipinski definition) is 2. The van der Waals surface area contributed by atoms with E-state index < -0.39 is 11.0 Å². The predicted octanol–water partition coefficient (Wildman–Crippen LogP) is 2.29. The molecule has 27 heavy (non-hydrogen) atoms. The van der Waals surface area contributed by atoms with Crippen molar-refractivity contribution in [2.24, 2.45) is 4.40 Å². The molecule has 6 nitrogen and oxygen atoms in total. The number of rotatable bonds is 6. The summed E-state index contributed by atoms with van der Waals surface area (Å²) < 4.78 is 18.0. The molecule has 3 aromatic rings. The fraction of sp³-hybridized carbons (Fsp3) is 0.211. The number of para-hydroxylation sites is 1. The maximum absolute atomic E-state index is 12.8. The van der Waals surface area contributed by atoms with Crippen molar-refractivity contribution in [3.8, 4) is 0 Å². The smallest absolute Gasteiger partial charge is 0.176 e. The van der Waals surface area contributed by atoms with Crippen LogP contribution in [-0.4, -0.2) is 41.3 Å². The molecule has 0 aliphatic carbocycles. The van der Waals surface area contributed by atoms with Crippen molar-refractivity contribution in [2.75, 3.05) is 32.7 Å². The van der Waals surface area contributed by atoms with Gasteiger partial charge >= 0.3 is 0 Å². The number of benzene rings is 2. The first-order valence-electron chi connectivity index (χ1n) is 8.48. The Hall–Kier alpha value is -2.00. The summed E-state index contributed by atoms with van der Waals surface area (Å²) in [6.45, 7) is 1.31. The minimum absolute atomic E-state index is 0.525. The maximum atomic E-state index is 12.8. The number of aromatic nitrogens is 1. The van der Waals surface area contributed by atoms with Gasteiger partial charge in [0.2, 0.25) is 0 Å². The Balaban J connectivity index is 1.84. The molecule has 0 saturated heterocycles. The van der Waals surface area contributed by atoms with Crippen LogP contribution in [0.25, 0.3) is 15.8 Å². The number of hydrogen-bond acceptors (Lipinski definition) is 4. The van der Waals surface area contributed by atoms with Gasteiger partial charge in [0.25, 0.3) is 0 Å². The monoisotopic (exact) mass is 446 g/mol. The SMILES string of the molecule is CN(C)CCONc1c(C2=c3cc(Br)ccc3=NS2=O)[nH]c2ccccc12. The molecule has 0 spiro atoms. The van der Waals surface area contributed by atoms with Gasteiger partial charge in [-0.3, -0.25) is 10.3 Å². The number of likely N-dealkylation sites (N-methyl/N-ethyl adjacent to an activating group) is 1. The maximum Gasteiger partial charge on any atom is 0.176 e. The average molecular weight is 447 g/mol. The molecule has 1 aliphatic rings. The first-order valence-corrected chi connectivity index (χ1v) is 10.4. The highest BCUT2D eigenvalue weighted by atomic mass is 79.9. The molecule has 2 N–H and O–H groups in total. The zero-order valence-corrected chi connectivity index (χ0v) is 17.4. The Morgan fingerprint density at radius 3 is 2.89 bits per heavy atom. The number of anilines is 1. The van der Waals surface area contributed by atoms with Crippen LogP contribution in [0.15, 0.2) is 51.3 Å². The van der Waals surface area contributed by atoms with Crippen molar-refractivity contribution >= 4 is 48.4 Å². The molecule has 0 fully saturated rings. The number of H-pyrrole nitrogens is 1. The van der Waals surface area contributed by atoms with E-state index in [0.717, 1.165) is 43.9 Å². The lowest BCUT2D eigenvalue weighted by molar-refractivity contribution is 0.168. The van der Waals surface area contributed by atoms with Crippen LogP contribution in [0.3, 0.4) is 0 Å². The van der Waals surface area contributed by atoms with Crippen molar-refractivity contribution in [2.45, 2.75) is 0 Å². The Kier molecular flexibility index (Phi) is 5.14. The predicted molar refractivity (Wildman–Crippen MR) is 112 cm³/mol. The fourth-order valence-corrected chi connectivity index (χ4v) is 4.46. The van der Waals surface area contributed by atoms with E-state index >= 15 is 0 Å². The Labute approximate surface area is 167 Å². The second-order valence-electron chi connectivity index (χ2n) is 6.51. The zero-order chi connectivity index (χ0) is 19.0. The van der Waals surface area contributed by atoms with E-state index in [2.05, 4.69) is 30.8 Å². The number of nitrogens with zero attached hydrogens (tertiary/aromatic N) is 2. The van der Waals surface area contributed by atoms with Gasteiger partial charge in [0.15, 0.2) is 11.0 Å². The molecule has 8 heteroatoms. The lowest BCUT2D eigenvalue weighted by Gasteiger charge is -2.12. The second-order valence-corrected chi connectivity index (χ2v) is 8.51. The van der Waals surface area contributed by atoms with Gasteiger partial charge in [0.1, 0.15) is 0 Å². The van der Waals surface area contributed by atoms with Crippen molar-refractivity contribution in [1.29, 1.82) is 0 Å². The Morgan fingerprint density at radius 1 is 1.26 bits per heavy atom. The molecule has 1 atom stereocenters. The second kappa shape index (κ2) is 7.55. The summed E-state index contributed by atoms with van der Waals surface area (Å²) >= 11 is 3.49. The first kappa shape index (κ1) is 18.4. The third-order valence-electron chi connectivity index (χ3n) is 4.31. The third-order valence-corrected chi connectivity index (χ3v) is 5.94. The summed E-state index contributed by atoms with van der Waals surface area (Å²) in [5.41, 5.74) is 5.52. The van der Waals surface area contributed by atoms with Gasteiger partial charge in [0, 0.05) is 27.1 Å². The van der Waals surface area contributed by atoms with E-state index in [1.54, 1.807) is 0 Å². The Bertz CT molecular complexity index is 1160. The van der Waals surface area contributed by atoms with Crippen molar-refractivity contribution in [3.63, 3.8) is 0 Å². The van der Waals surface area contributed by atoms with Gasteiger partial charge in [-0.1, -0.05) is 34.1 Å². The molecule has 0 amide bonds. The van der Waals surface area contributed by atoms with Gasteiger partial charge in [-0.2, -0.15) is 4.40 Å². The van der Waals surface area contributed by atoms with Crippen LogP contribution in [-0.2, 0) is 15.8 Å². The molecule has 0 radical (unpaired) electrons. The molecule has 1 unspecified atom stereocenters. The summed E-state index contributed by atoms with van der Waals surface area (Å²) in [6, 6.07) is 13.6. The summed E-state index contributed by atoms with van der Waals surface area (Å²) in [5, 5.41) is 2.56. The van der Waals surface area contributed by atoms with Crippen molar-refractivity contribution in [3.05, 3.63) is 63.2 Å². The average Bonchev–Trinajstić information content (AvgIpc) is 3.14. The fourth-order valence-electron chi connectivity index (χ4n) is 2.99. The largest absolute Gasteiger partial charge is 0.352 e. The topological polar surface area (TPSA) is 69.7 Å². The molecule has 0 saturated carbocycles. The molecular formula is C19H19BrN4O2S. The van der Waals surface area contributed by atoms with Crippen LogP contribution in [0.1, 0.15) is 5.69 Å². The zero-order valence-electron chi connectivity index (χ0n) is 15.0. The quantitative estimate of drug-likeness (QED) is 0.450. The van der Waals surface area contributed by atoms with Gasteiger partial charge < -0.3 is 9.88 Å². The Morgan fingerprint density at radius 2 is 2.07 bits per heavy atom. The normalized spacial score (nSPS) is 16.0. The lowest BCUT2D eigenvalue weighted by atomic mass is 10.2. The molecule has 0 bridgehead atoms. The van der Waals surface area contributed by atoms with E-state index in [-0.39, 0.29) is 0 Å². The van der Waals surface area contributed by atoms with Crippen LogP contribution in [0.2, 0.25) is 0 Å². The van der Waals surface area contributed by atoms with E-state index in [9.17, 15) is 4.21 Å². The van der Waals surface area contributed by atoms with Gasteiger partial charge in [-0.15, -0.1) is 0 Å². The lowest BCUT2D eigenvalue weighted by Crippen LogP contribution is -2.23. The van der Waals surface area contributed by atoms with Gasteiger partial charge in [-0.05, 0) is 38.4 Å². The van der Waals surface area contributed by atoms with Crippen LogP contribution in [0.4, 0.5) is 5.69 Å². The summed E-state index contributed by atoms with van der Waals surface area (Å²) in [7, 11) is 2.51. The minimum atomic E-state index is -1.48. The molecule has 2 aromatic carbocycles. The molecular weight excluding hydrogens is 428 g/mol. The first-order chi connectivity index (χ1) is 13.0. The van der Waals surface area contributed by atoms with Crippen LogP contribution in [0.5, 0.6) is 0 Å². The third kappa shape index (κ3) is 3.58. The van der Waals surface area contributed by atoms with Crippen LogP contribution < -0.4 is 16.1 Å². The minimum Gasteiger partial charge on any atom is -0.352 e. The van der Waals surface area contributed by atoms with Crippen molar-refractivity contribution < 1.29 is 9.05 Å².